The number of benzene rings is 2. The van der Waals surface area contributed by atoms with Crippen molar-refractivity contribution < 1.29 is 9.47 Å². The molecule has 0 radical (unpaired) electrons. The minimum Gasteiger partial charge on any atom is -0.497 e. The summed E-state index contributed by atoms with van der Waals surface area (Å²) in [6.07, 6.45) is 2.11. The fourth-order valence-electron chi connectivity index (χ4n) is 5.75. The van der Waals surface area contributed by atoms with Crippen LogP contribution in [-0.2, 0) is 11.3 Å². The van der Waals surface area contributed by atoms with Gasteiger partial charge < -0.3 is 19.4 Å². The molecule has 39 heavy (non-hydrogen) atoms. The number of aryl methyl sites for hydroxylation is 2. The molecule has 10 heteroatoms. The summed E-state index contributed by atoms with van der Waals surface area (Å²) in [6.45, 7) is 8.65. The van der Waals surface area contributed by atoms with Gasteiger partial charge in [0.15, 0.2) is 5.82 Å². The molecule has 0 bridgehead atoms. The Morgan fingerprint density at radius 2 is 1.85 bits per heavy atom. The van der Waals surface area contributed by atoms with Crippen LogP contribution in [0.3, 0.4) is 0 Å². The van der Waals surface area contributed by atoms with Crippen molar-refractivity contribution in [1.82, 2.24) is 30.1 Å². The Hall–Kier alpha value is -3.76. The van der Waals surface area contributed by atoms with Crippen molar-refractivity contribution in [3.05, 3.63) is 75.3 Å². The molecular weight excluding hydrogens is 494 g/mol. The Morgan fingerprint density at radius 3 is 2.56 bits per heavy atom. The number of H-pyrrole nitrogens is 1. The first kappa shape index (κ1) is 25.5. The van der Waals surface area contributed by atoms with E-state index in [-0.39, 0.29) is 17.7 Å². The van der Waals surface area contributed by atoms with Gasteiger partial charge in [-0.05, 0) is 96.1 Å². The molecule has 0 aliphatic carbocycles. The van der Waals surface area contributed by atoms with E-state index >= 15 is 0 Å². The predicted molar refractivity (Wildman–Crippen MR) is 149 cm³/mol. The molecule has 4 heterocycles. The summed E-state index contributed by atoms with van der Waals surface area (Å²) in [5.74, 6) is 1.52. The molecule has 2 aromatic carbocycles. The third-order valence-corrected chi connectivity index (χ3v) is 8.10. The first-order valence-electron chi connectivity index (χ1n) is 13.6. The zero-order valence-electron chi connectivity index (χ0n) is 22.8. The highest BCUT2D eigenvalue weighted by atomic mass is 16.5. The fourth-order valence-corrected chi connectivity index (χ4v) is 5.75. The zero-order valence-corrected chi connectivity index (χ0v) is 22.8. The minimum atomic E-state index is -0.380. The Balaban J connectivity index is 1.35. The SMILES string of the molecule is COc1ccc(N2CCN(C(c3cc4cc(C)c(C)cc4[nH]c3=O)c3nnnn3CC3CCCO3)CC2)cc1. The summed E-state index contributed by atoms with van der Waals surface area (Å²) in [6, 6.07) is 14.0. The normalized spacial score (nSPS) is 19.1. The number of hydrogen-bond acceptors (Lipinski definition) is 8. The molecule has 2 saturated heterocycles. The van der Waals surface area contributed by atoms with E-state index in [9.17, 15) is 4.79 Å². The van der Waals surface area contributed by atoms with Crippen LogP contribution in [0.25, 0.3) is 10.9 Å². The second kappa shape index (κ2) is 10.8. The van der Waals surface area contributed by atoms with Gasteiger partial charge in [-0.25, -0.2) is 4.68 Å². The number of piperazine rings is 1. The lowest BCUT2D eigenvalue weighted by molar-refractivity contribution is 0.0906. The molecule has 0 saturated carbocycles. The van der Waals surface area contributed by atoms with E-state index in [1.807, 2.05) is 28.9 Å². The Bertz CT molecular complexity index is 1500. The third-order valence-electron chi connectivity index (χ3n) is 8.10. The summed E-state index contributed by atoms with van der Waals surface area (Å²) in [5.41, 5.74) is 4.89. The van der Waals surface area contributed by atoms with Crippen molar-refractivity contribution in [2.24, 2.45) is 0 Å². The minimum absolute atomic E-state index is 0.0836. The monoisotopic (exact) mass is 529 g/mol. The highest BCUT2D eigenvalue weighted by Crippen LogP contribution is 2.30. The largest absolute Gasteiger partial charge is 0.497 e. The van der Waals surface area contributed by atoms with Crippen molar-refractivity contribution in [2.45, 2.75) is 45.4 Å². The summed E-state index contributed by atoms with van der Waals surface area (Å²) >= 11 is 0. The molecule has 2 fully saturated rings. The standard InChI is InChI=1S/C29H35N7O3/c1-19-15-21-17-25(29(37)30-26(21)16-20(19)2)27(28-31-32-33-36(28)18-24-5-4-14-39-24)35-12-10-34(11-13-35)22-6-8-23(38-3)9-7-22/h6-9,15-17,24,27H,4-5,10-14,18H2,1-3H3,(H,30,37). The van der Waals surface area contributed by atoms with Gasteiger partial charge in [-0.3, -0.25) is 9.69 Å². The lowest BCUT2D eigenvalue weighted by atomic mass is 10.00. The number of rotatable bonds is 7. The van der Waals surface area contributed by atoms with E-state index in [2.05, 4.69) is 62.4 Å². The maximum Gasteiger partial charge on any atom is 0.253 e. The molecule has 0 spiro atoms. The van der Waals surface area contributed by atoms with Gasteiger partial charge in [0.2, 0.25) is 0 Å². The van der Waals surface area contributed by atoms with Crippen LogP contribution >= 0.6 is 0 Å². The number of nitrogens with zero attached hydrogens (tertiary/aromatic N) is 6. The van der Waals surface area contributed by atoms with Crippen LogP contribution in [-0.4, -0.2) is 76.1 Å². The van der Waals surface area contributed by atoms with Crippen LogP contribution < -0.4 is 15.2 Å². The smallest absolute Gasteiger partial charge is 0.253 e. The Labute approximate surface area is 227 Å². The van der Waals surface area contributed by atoms with Gasteiger partial charge in [-0.1, -0.05) is 0 Å². The van der Waals surface area contributed by atoms with Crippen molar-refractivity contribution in [3.8, 4) is 5.75 Å². The summed E-state index contributed by atoms with van der Waals surface area (Å²) < 4.78 is 13.0. The van der Waals surface area contributed by atoms with Crippen LogP contribution in [0.1, 0.15) is 41.4 Å². The molecule has 2 aliphatic heterocycles. The summed E-state index contributed by atoms with van der Waals surface area (Å²) in [7, 11) is 1.68. The van der Waals surface area contributed by atoms with Gasteiger partial charge in [0.05, 0.1) is 19.8 Å². The lowest BCUT2D eigenvalue weighted by Gasteiger charge is -2.39. The van der Waals surface area contributed by atoms with Crippen molar-refractivity contribution in [2.75, 3.05) is 44.8 Å². The quantitative estimate of drug-likeness (QED) is 0.390. The molecule has 4 aromatic rings. The number of anilines is 1. The van der Waals surface area contributed by atoms with E-state index in [1.54, 1.807) is 7.11 Å². The van der Waals surface area contributed by atoms with E-state index < -0.39 is 0 Å². The van der Waals surface area contributed by atoms with Gasteiger partial charge in [-0.2, -0.15) is 0 Å². The van der Waals surface area contributed by atoms with Gasteiger partial charge in [0.1, 0.15) is 11.8 Å². The molecule has 6 rings (SSSR count). The molecular formula is C29H35N7O3. The number of fused-ring (bicyclic) bond motifs is 1. The van der Waals surface area contributed by atoms with Gasteiger partial charge in [-0.15, -0.1) is 5.10 Å². The zero-order chi connectivity index (χ0) is 26.9. The number of aromatic nitrogens is 5. The van der Waals surface area contributed by atoms with Gasteiger partial charge in [0, 0.05) is 49.6 Å². The van der Waals surface area contributed by atoms with Crippen LogP contribution in [0.4, 0.5) is 5.69 Å². The average molecular weight is 530 g/mol. The number of pyridine rings is 1. The Kier molecular flexibility index (Phi) is 7.05. The van der Waals surface area contributed by atoms with Crippen molar-refractivity contribution in [3.63, 3.8) is 0 Å². The van der Waals surface area contributed by atoms with E-state index in [4.69, 9.17) is 9.47 Å². The van der Waals surface area contributed by atoms with E-state index in [1.165, 1.54) is 5.56 Å². The van der Waals surface area contributed by atoms with Crippen LogP contribution in [0.15, 0.2) is 47.3 Å². The van der Waals surface area contributed by atoms with Crippen LogP contribution in [0.2, 0.25) is 0 Å². The second-order valence-corrected chi connectivity index (χ2v) is 10.6. The highest BCUT2D eigenvalue weighted by Gasteiger charge is 2.33. The number of methoxy groups -OCH3 is 1. The second-order valence-electron chi connectivity index (χ2n) is 10.6. The maximum absolute atomic E-state index is 13.6. The van der Waals surface area contributed by atoms with Gasteiger partial charge >= 0.3 is 0 Å². The molecule has 10 nitrogen and oxygen atoms in total. The van der Waals surface area contributed by atoms with E-state index in [0.29, 0.717) is 17.9 Å². The molecule has 204 valence electrons. The number of hydrogen-bond donors (Lipinski definition) is 1. The first-order chi connectivity index (χ1) is 19.0. The molecule has 0 amide bonds. The summed E-state index contributed by atoms with van der Waals surface area (Å²) in [5, 5.41) is 13.9. The summed E-state index contributed by atoms with van der Waals surface area (Å²) in [4.78, 5) is 21.4. The Morgan fingerprint density at radius 1 is 1.08 bits per heavy atom. The maximum atomic E-state index is 13.6. The number of nitrogens with one attached hydrogen (secondary N) is 1. The highest BCUT2D eigenvalue weighted by molar-refractivity contribution is 5.81. The van der Waals surface area contributed by atoms with E-state index in [0.717, 1.165) is 73.5 Å². The van der Waals surface area contributed by atoms with Crippen LogP contribution in [0, 0.1) is 13.8 Å². The molecule has 2 aromatic heterocycles. The first-order valence-corrected chi connectivity index (χ1v) is 13.6. The van der Waals surface area contributed by atoms with Crippen molar-refractivity contribution >= 4 is 16.6 Å². The molecule has 2 atom stereocenters. The molecule has 1 N–H and O–H groups in total. The van der Waals surface area contributed by atoms with Gasteiger partial charge in [0.25, 0.3) is 5.56 Å². The van der Waals surface area contributed by atoms with Crippen molar-refractivity contribution in [1.29, 1.82) is 0 Å². The number of aromatic amines is 1. The number of ether oxygens (including phenoxy) is 2. The molecule has 2 aliphatic rings. The third kappa shape index (κ3) is 5.14. The average Bonchev–Trinajstić information content (AvgIpc) is 3.64. The lowest BCUT2D eigenvalue weighted by Crippen LogP contribution is -2.49. The molecule has 2 unspecified atom stereocenters. The van der Waals surface area contributed by atoms with Crippen LogP contribution in [0.5, 0.6) is 5.75 Å². The number of tetrazole rings is 1. The predicted octanol–water partition coefficient (Wildman–Crippen LogP) is 3.23. The topological polar surface area (TPSA) is 101 Å². The fraction of sp³-hybridized carbons (Fsp3) is 0.448.